The summed E-state index contributed by atoms with van der Waals surface area (Å²) >= 11 is 0. The lowest BCUT2D eigenvalue weighted by atomic mass is 9.92. The summed E-state index contributed by atoms with van der Waals surface area (Å²) in [7, 11) is 0. The summed E-state index contributed by atoms with van der Waals surface area (Å²) in [4.78, 5) is 52.7. The highest BCUT2D eigenvalue weighted by Gasteiger charge is 2.32. The Labute approximate surface area is 176 Å². The zero-order chi connectivity index (χ0) is 21.1. The number of rotatable bonds is 4. The number of anilines is 1. The van der Waals surface area contributed by atoms with Crippen molar-refractivity contribution in [2.75, 3.05) is 18.0 Å². The third-order valence-corrected chi connectivity index (χ3v) is 6.43. The van der Waals surface area contributed by atoms with Gasteiger partial charge in [0.05, 0.1) is 11.6 Å². The first kappa shape index (κ1) is 20.6. The molecule has 4 rings (SSSR count). The minimum absolute atomic E-state index is 0.0569. The van der Waals surface area contributed by atoms with Gasteiger partial charge in [-0.15, -0.1) is 0 Å². The predicted molar refractivity (Wildman–Crippen MR) is 112 cm³/mol. The molecule has 3 fully saturated rings. The lowest BCUT2D eigenvalue weighted by Gasteiger charge is -2.33. The van der Waals surface area contributed by atoms with Crippen LogP contribution in [0.25, 0.3) is 0 Å². The molecular weight excluding hydrogens is 382 g/mol. The number of imide groups is 1. The Bertz CT molecular complexity index is 831. The van der Waals surface area contributed by atoms with Crippen LogP contribution in [0.1, 0.15) is 68.1 Å². The van der Waals surface area contributed by atoms with E-state index < -0.39 is 0 Å². The van der Waals surface area contributed by atoms with Crippen molar-refractivity contribution in [2.45, 2.75) is 63.8 Å². The van der Waals surface area contributed by atoms with E-state index in [1.54, 1.807) is 29.2 Å². The van der Waals surface area contributed by atoms with E-state index in [0.717, 1.165) is 30.6 Å². The Balaban J connectivity index is 1.41. The van der Waals surface area contributed by atoms with Crippen LogP contribution in [0.3, 0.4) is 0 Å². The van der Waals surface area contributed by atoms with Crippen molar-refractivity contribution in [3.63, 3.8) is 0 Å². The minimum atomic E-state index is -0.234. The maximum absolute atomic E-state index is 13.1. The van der Waals surface area contributed by atoms with Crippen molar-refractivity contribution in [2.24, 2.45) is 5.92 Å². The third kappa shape index (κ3) is 4.40. The van der Waals surface area contributed by atoms with Gasteiger partial charge in [0, 0.05) is 37.5 Å². The summed E-state index contributed by atoms with van der Waals surface area (Å²) in [5.74, 6) is -0.758. The molecule has 1 aromatic carbocycles. The molecule has 3 aliphatic rings. The number of carbonyl (C=O) groups is 4. The Morgan fingerprint density at radius 2 is 1.67 bits per heavy atom. The fourth-order valence-corrected chi connectivity index (χ4v) is 4.77. The molecule has 160 valence electrons. The molecule has 1 saturated carbocycles. The second-order valence-corrected chi connectivity index (χ2v) is 8.61. The first-order valence-electron chi connectivity index (χ1n) is 11.1. The van der Waals surface area contributed by atoms with Gasteiger partial charge < -0.3 is 10.2 Å². The lowest BCUT2D eigenvalue weighted by Crippen LogP contribution is -2.48. The Morgan fingerprint density at radius 1 is 0.933 bits per heavy atom. The summed E-state index contributed by atoms with van der Waals surface area (Å²) < 4.78 is 0. The molecule has 2 saturated heterocycles. The standard InChI is InChI=1S/C23H29N3O4/c27-20-11-12-21(28)26(20)19-10-4-6-16(14-19)23(30)25-13-5-7-17(15-25)22(29)24-18-8-2-1-3-9-18/h4,6,10,14,17-18H,1-3,5,7-9,11-13,15H2,(H,24,29). The maximum atomic E-state index is 13.1. The molecule has 1 N–H and O–H groups in total. The zero-order valence-electron chi connectivity index (χ0n) is 17.3. The van der Waals surface area contributed by atoms with Gasteiger partial charge >= 0.3 is 0 Å². The molecule has 1 unspecified atom stereocenters. The van der Waals surface area contributed by atoms with Crippen LogP contribution in [-0.4, -0.2) is 47.7 Å². The Kier molecular flexibility index (Phi) is 6.16. The van der Waals surface area contributed by atoms with Crippen molar-refractivity contribution in [1.29, 1.82) is 0 Å². The van der Waals surface area contributed by atoms with Gasteiger partial charge in [-0.1, -0.05) is 25.3 Å². The largest absolute Gasteiger partial charge is 0.353 e. The van der Waals surface area contributed by atoms with Gasteiger partial charge in [-0.25, -0.2) is 0 Å². The van der Waals surface area contributed by atoms with E-state index in [-0.39, 0.29) is 48.4 Å². The van der Waals surface area contributed by atoms with Crippen LogP contribution in [0.2, 0.25) is 0 Å². The first-order valence-corrected chi connectivity index (χ1v) is 11.1. The van der Waals surface area contributed by atoms with E-state index >= 15 is 0 Å². The summed E-state index contributed by atoms with van der Waals surface area (Å²) in [5.41, 5.74) is 0.880. The number of hydrogen-bond donors (Lipinski definition) is 1. The van der Waals surface area contributed by atoms with Crippen molar-refractivity contribution >= 4 is 29.3 Å². The normalized spacial score (nSPS) is 23.0. The number of carbonyl (C=O) groups excluding carboxylic acids is 4. The quantitative estimate of drug-likeness (QED) is 0.772. The molecule has 7 nitrogen and oxygen atoms in total. The van der Waals surface area contributed by atoms with Crippen LogP contribution < -0.4 is 10.2 Å². The van der Waals surface area contributed by atoms with Gasteiger partial charge in [0.25, 0.3) is 5.91 Å². The molecule has 1 aliphatic carbocycles. The Hall–Kier alpha value is -2.70. The molecule has 2 heterocycles. The van der Waals surface area contributed by atoms with Crippen molar-refractivity contribution in [3.05, 3.63) is 29.8 Å². The topological polar surface area (TPSA) is 86.8 Å². The lowest BCUT2D eigenvalue weighted by molar-refractivity contribution is -0.127. The number of hydrogen-bond acceptors (Lipinski definition) is 4. The number of nitrogens with zero attached hydrogens (tertiary/aromatic N) is 2. The van der Waals surface area contributed by atoms with Crippen LogP contribution in [-0.2, 0) is 14.4 Å². The number of piperidine rings is 1. The van der Waals surface area contributed by atoms with E-state index in [1.165, 1.54) is 19.3 Å². The molecule has 4 amide bonds. The summed E-state index contributed by atoms with van der Waals surface area (Å²) in [6.07, 6.45) is 7.66. The first-order chi connectivity index (χ1) is 14.5. The Morgan fingerprint density at radius 3 is 2.40 bits per heavy atom. The molecule has 0 bridgehead atoms. The number of nitrogens with one attached hydrogen (secondary N) is 1. The van der Waals surface area contributed by atoms with E-state index in [0.29, 0.717) is 24.3 Å². The second-order valence-electron chi connectivity index (χ2n) is 8.61. The molecule has 0 radical (unpaired) electrons. The van der Waals surface area contributed by atoms with Crippen molar-refractivity contribution in [3.8, 4) is 0 Å². The molecule has 30 heavy (non-hydrogen) atoms. The summed E-state index contributed by atoms with van der Waals surface area (Å²) in [5, 5.41) is 3.19. The molecule has 1 aromatic rings. The molecular formula is C23H29N3O4. The van der Waals surface area contributed by atoms with Crippen LogP contribution >= 0.6 is 0 Å². The van der Waals surface area contributed by atoms with Gasteiger partial charge in [0.15, 0.2) is 0 Å². The van der Waals surface area contributed by atoms with Crippen LogP contribution in [0.4, 0.5) is 5.69 Å². The second kappa shape index (κ2) is 8.98. The van der Waals surface area contributed by atoms with Crippen LogP contribution in [0.5, 0.6) is 0 Å². The fraction of sp³-hybridized carbons (Fsp3) is 0.565. The van der Waals surface area contributed by atoms with Gasteiger partial charge in [0.1, 0.15) is 0 Å². The molecule has 1 atom stereocenters. The molecule has 0 aromatic heterocycles. The van der Waals surface area contributed by atoms with Gasteiger partial charge in [-0.05, 0) is 43.9 Å². The van der Waals surface area contributed by atoms with Crippen molar-refractivity contribution in [1.82, 2.24) is 10.2 Å². The number of likely N-dealkylation sites (tertiary alicyclic amines) is 1. The number of amides is 4. The highest BCUT2D eigenvalue weighted by atomic mass is 16.2. The average Bonchev–Trinajstić information content (AvgIpc) is 3.12. The van der Waals surface area contributed by atoms with Gasteiger partial charge in [-0.3, -0.25) is 24.1 Å². The summed E-state index contributed by atoms with van der Waals surface area (Å²) in [6.45, 7) is 1.01. The van der Waals surface area contributed by atoms with Crippen LogP contribution in [0.15, 0.2) is 24.3 Å². The smallest absolute Gasteiger partial charge is 0.253 e. The number of benzene rings is 1. The van der Waals surface area contributed by atoms with E-state index in [1.807, 2.05) is 0 Å². The van der Waals surface area contributed by atoms with Crippen molar-refractivity contribution < 1.29 is 19.2 Å². The van der Waals surface area contributed by atoms with E-state index in [9.17, 15) is 19.2 Å². The highest BCUT2D eigenvalue weighted by molar-refractivity contribution is 6.20. The fourth-order valence-electron chi connectivity index (χ4n) is 4.77. The maximum Gasteiger partial charge on any atom is 0.253 e. The minimum Gasteiger partial charge on any atom is -0.353 e. The molecule has 0 spiro atoms. The van der Waals surface area contributed by atoms with Crippen LogP contribution in [0, 0.1) is 5.92 Å². The summed E-state index contributed by atoms with van der Waals surface area (Å²) in [6, 6.07) is 6.94. The zero-order valence-corrected chi connectivity index (χ0v) is 17.3. The monoisotopic (exact) mass is 411 g/mol. The SMILES string of the molecule is O=C(NC1CCCCC1)C1CCCN(C(=O)c2cccc(N3C(=O)CCC3=O)c2)C1. The average molecular weight is 412 g/mol. The molecule has 2 aliphatic heterocycles. The van der Waals surface area contributed by atoms with E-state index in [4.69, 9.17) is 0 Å². The van der Waals surface area contributed by atoms with Gasteiger partial charge in [-0.2, -0.15) is 0 Å². The molecule has 7 heteroatoms. The predicted octanol–water partition coefficient (Wildman–Crippen LogP) is 2.64. The highest BCUT2D eigenvalue weighted by Crippen LogP contribution is 2.26. The third-order valence-electron chi connectivity index (χ3n) is 6.43. The van der Waals surface area contributed by atoms with E-state index in [2.05, 4.69) is 5.32 Å². The van der Waals surface area contributed by atoms with Gasteiger partial charge in [0.2, 0.25) is 17.7 Å².